The molecule has 0 fully saturated rings. The third kappa shape index (κ3) is 3.25. The summed E-state index contributed by atoms with van der Waals surface area (Å²) in [6.45, 7) is 5.91. The van der Waals surface area contributed by atoms with E-state index < -0.39 is 12.0 Å². The quantitative estimate of drug-likeness (QED) is 0.898. The van der Waals surface area contributed by atoms with Gasteiger partial charge in [0.15, 0.2) is 6.10 Å². The summed E-state index contributed by atoms with van der Waals surface area (Å²) >= 11 is 0. The average Bonchev–Trinajstić information content (AvgIpc) is 2.41. The van der Waals surface area contributed by atoms with Crippen molar-refractivity contribution in [2.24, 2.45) is 0 Å². The fourth-order valence-electron chi connectivity index (χ4n) is 2.02. The summed E-state index contributed by atoms with van der Waals surface area (Å²) in [6, 6.07) is 13.0. The largest absolute Gasteiger partial charge is 0.378 e. The van der Waals surface area contributed by atoms with E-state index in [1.165, 1.54) is 0 Å². The number of amides is 1. The van der Waals surface area contributed by atoms with Gasteiger partial charge in [0.25, 0.3) is 5.91 Å². The monoisotopic (exact) mass is 269 g/mol. The van der Waals surface area contributed by atoms with Crippen molar-refractivity contribution in [1.29, 1.82) is 0 Å². The molecule has 0 spiro atoms. The first-order valence-electron chi connectivity index (χ1n) is 6.60. The first kappa shape index (κ1) is 14.3. The highest BCUT2D eigenvalue weighted by atomic mass is 16.3. The van der Waals surface area contributed by atoms with Crippen LogP contribution >= 0.6 is 0 Å². The van der Waals surface area contributed by atoms with E-state index in [4.69, 9.17) is 0 Å². The number of nitrogens with one attached hydrogen (secondary N) is 1. The molecule has 20 heavy (non-hydrogen) atoms. The maximum absolute atomic E-state index is 12.1. The number of rotatable bonds is 3. The molecule has 2 rings (SSSR count). The highest BCUT2D eigenvalue weighted by molar-refractivity contribution is 5.94. The third-order valence-corrected chi connectivity index (χ3v) is 3.38. The highest BCUT2D eigenvalue weighted by Crippen LogP contribution is 2.19. The Kier molecular flexibility index (Phi) is 4.20. The lowest BCUT2D eigenvalue weighted by molar-refractivity contribution is -0.124. The molecule has 0 aliphatic carbocycles. The average molecular weight is 269 g/mol. The van der Waals surface area contributed by atoms with Gasteiger partial charge in [-0.05, 0) is 55.2 Å². The van der Waals surface area contributed by atoms with E-state index in [0.717, 1.165) is 16.7 Å². The van der Waals surface area contributed by atoms with Crippen molar-refractivity contribution < 1.29 is 9.90 Å². The molecular weight excluding hydrogens is 250 g/mol. The molecule has 3 heteroatoms. The van der Waals surface area contributed by atoms with Gasteiger partial charge in [0.1, 0.15) is 0 Å². The molecule has 0 aliphatic heterocycles. The lowest BCUT2D eigenvalue weighted by Crippen LogP contribution is -2.21. The van der Waals surface area contributed by atoms with Crippen LogP contribution < -0.4 is 5.32 Å². The Hall–Kier alpha value is -2.13. The van der Waals surface area contributed by atoms with E-state index in [9.17, 15) is 9.90 Å². The van der Waals surface area contributed by atoms with E-state index >= 15 is 0 Å². The Morgan fingerprint density at radius 2 is 1.80 bits per heavy atom. The Morgan fingerprint density at radius 3 is 2.45 bits per heavy atom. The Labute approximate surface area is 119 Å². The molecule has 0 radical (unpaired) electrons. The Morgan fingerprint density at radius 1 is 1.05 bits per heavy atom. The third-order valence-electron chi connectivity index (χ3n) is 3.38. The van der Waals surface area contributed by atoms with Gasteiger partial charge in [0.2, 0.25) is 0 Å². The van der Waals surface area contributed by atoms with Gasteiger partial charge in [-0.3, -0.25) is 4.79 Å². The lowest BCUT2D eigenvalue weighted by Gasteiger charge is -2.13. The number of hydrogen-bond donors (Lipinski definition) is 2. The van der Waals surface area contributed by atoms with Crippen LogP contribution in [0.5, 0.6) is 0 Å². The summed E-state index contributed by atoms with van der Waals surface area (Å²) in [5.41, 5.74) is 4.56. The maximum Gasteiger partial charge on any atom is 0.257 e. The zero-order chi connectivity index (χ0) is 14.7. The van der Waals surface area contributed by atoms with Crippen LogP contribution in [0.3, 0.4) is 0 Å². The minimum absolute atomic E-state index is 0.418. The van der Waals surface area contributed by atoms with E-state index in [0.29, 0.717) is 11.3 Å². The van der Waals surface area contributed by atoms with Gasteiger partial charge < -0.3 is 10.4 Å². The predicted molar refractivity (Wildman–Crippen MR) is 80.7 cm³/mol. The summed E-state index contributed by atoms with van der Waals surface area (Å²) in [5, 5.41) is 12.8. The van der Waals surface area contributed by atoms with Crippen LogP contribution in [-0.4, -0.2) is 11.0 Å². The number of aliphatic hydroxyl groups excluding tert-OH is 1. The van der Waals surface area contributed by atoms with Crippen molar-refractivity contribution in [3.63, 3.8) is 0 Å². The van der Waals surface area contributed by atoms with Gasteiger partial charge in [-0.2, -0.15) is 0 Å². The van der Waals surface area contributed by atoms with E-state index in [1.807, 2.05) is 51.1 Å². The molecule has 0 aromatic heterocycles. The molecule has 2 aromatic carbocycles. The topological polar surface area (TPSA) is 49.3 Å². The van der Waals surface area contributed by atoms with Gasteiger partial charge in [-0.15, -0.1) is 0 Å². The summed E-state index contributed by atoms with van der Waals surface area (Å²) in [5.74, 6) is -0.418. The van der Waals surface area contributed by atoms with E-state index in [1.54, 1.807) is 12.1 Å². The first-order valence-corrected chi connectivity index (χ1v) is 6.60. The molecule has 0 saturated heterocycles. The molecule has 1 unspecified atom stereocenters. The zero-order valence-corrected chi connectivity index (χ0v) is 12.0. The minimum atomic E-state index is -1.16. The molecule has 104 valence electrons. The second kappa shape index (κ2) is 5.88. The van der Waals surface area contributed by atoms with Gasteiger partial charge in [-0.1, -0.05) is 30.3 Å². The van der Waals surface area contributed by atoms with Gasteiger partial charge in [0, 0.05) is 5.69 Å². The lowest BCUT2D eigenvalue weighted by atomic mass is 10.0. The molecule has 0 bridgehead atoms. The fraction of sp³-hybridized carbons (Fsp3) is 0.235. The number of anilines is 1. The normalized spacial score (nSPS) is 12.0. The van der Waals surface area contributed by atoms with Crippen molar-refractivity contribution in [2.45, 2.75) is 26.9 Å². The van der Waals surface area contributed by atoms with Gasteiger partial charge >= 0.3 is 0 Å². The number of aliphatic hydroxyl groups is 1. The SMILES string of the molecule is Cc1cccc(NC(=O)C(O)c2ccc(C)c(C)c2)c1. The van der Waals surface area contributed by atoms with Crippen molar-refractivity contribution >= 4 is 11.6 Å². The van der Waals surface area contributed by atoms with Crippen LogP contribution in [-0.2, 0) is 4.79 Å². The smallest absolute Gasteiger partial charge is 0.257 e. The van der Waals surface area contributed by atoms with Crippen LogP contribution in [0.4, 0.5) is 5.69 Å². The molecule has 2 aromatic rings. The minimum Gasteiger partial charge on any atom is -0.378 e. The molecule has 3 nitrogen and oxygen atoms in total. The molecule has 0 aliphatic rings. The Bertz CT molecular complexity index is 635. The second-order valence-electron chi connectivity index (χ2n) is 5.10. The number of aryl methyl sites for hydroxylation is 3. The van der Waals surface area contributed by atoms with Crippen LogP contribution in [0.25, 0.3) is 0 Å². The van der Waals surface area contributed by atoms with Gasteiger partial charge in [0.05, 0.1) is 0 Å². The molecule has 2 N–H and O–H groups in total. The van der Waals surface area contributed by atoms with Crippen LogP contribution in [0, 0.1) is 20.8 Å². The molecule has 0 heterocycles. The summed E-state index contributed by atoms with van der Waals surface area (Å²) in [7, 11) is 0. The van der Waals surface area contributed by atoms with Crippen LogP contribution in [0.1, 0.15) is 28.4 Å². The maximum atomic E-state index is 12.1. The van der Waals surface area contributed by atoms with E-state index in [-0.39, 0.29) is 0 Å². The van der Waals surface area contributed by atoms with Crippen LogP contribution in [0.2, 0.25) is 0 Å². The number of carbonyl (C=O) groups is 1. The first-order chi connectivity index (χ1) is 9.47. The number of hydrogen-bond acceptors (Lipinski definition) is 2. The summed E-state index contributed by atoms with van der Waals surface area (Å²) < 4.78 is 0. The van der Waals surface area contributed by atoms with Crippen LogP contribution in [0.15, 0.2) is 42.5 Å². The number of carbonyl (C=O) groups excluding carboxylic acids is 1. The molecule has 1 atom stereocenters. The molecular formula is C17H19NO2. The highest BCUT2D eigenvalue weighted by Gasteiger charge is 2.17. The summed E-state index contributed by atoms with van der Waals surface area (Å²) in [4.78, 5) is 12.1. The van der Waals surface area contributed by atoms with Crippen molar-refractivity contribution in [2.75, 3.05) is 5.32 Å². The zero-order valence-electron chi connectivity index (χ0n) is 12.0. The molecule has 1 amide bonds. The standard InChI is InChI=1S/C17H19NO2/c1-11-5-4-6-15(9-11)18-17(20)16(19)14-8-7-12(2)13(3)10-14/h4-10,16,19H,1-3H3,(H,18,20). The predicted octanol–water partition coefficient (Wildman–Crippen LogP) is 3.28. The number of benzene rings is 2. The van der Waals surface area contributed by atoms with Gasteiger partial charge in [-0.25, -0.2) is 0 Å². The van der Waals surface area contributed by atoms with E-state index in [2.05, 4.69) is 5.32 Å². The van der Waals surface area contributed by atoms with Crippen molar-refractivity contribution in [3.05, 3.63) is 64.7 Å². The molecule has 0 saturated carbocycles. The van der Waals surface area contributed by atoms with Crippen molar-refractivity contribution in [3.8, 4) is 0 Å². The fourth-order valence-corrected chi connectivity index (χ4v) is 2.02. The van der Waals surface area contributed by atoms with Crippen molar-refractivity contribution in [1.82, 2.24) is 0 Å². The summed E-state index contributed by atoms with van der Waals surface area (Å²) in [6.07, 6.45) is -1.16. The Balaban J connectivity index is 2.14. The second-order valence-corrected chi connectivity index (χ2v) is 5.10.